The first-order valence-electron chi connectivity index (χ1n) is 8.65. The van der Waals surface area contributed by atoms with Crippen LogP contribution < -0.4 is 10.1 Å². The number of carbonyl (C=O) groups is 1. The molecule has 1 aromatic heterocycles. The van der Waals surface area contributed by atoms with E-state index in [0.717, 1.165) is 13.1 Å². The minimum absolute atomic E-state index is 0.200. The highest BCUT2D eigenvalue weighted by molar-refractivity contribution is 7.90. The van der Waals surface area contributed by atoms with Crippen molar-refractivity contribution in [2.75, 3.05) is 26.2 Å². The number of amides is 1. The molecule has 1 aliphatic rings. The van der Waals surface area contributed by atoms with Crippen molar-refractivity contribution in [3.63, 3.8) is 0 Å². The van der Waals surface area contributed by atoms with Crippen molar-refractivity contribution in [1.29, 1.82) is 0 Å². The number of ether oxygens (including phenoxy) is 1. The summed E-state index contributed by atoms with van der Waals surface area (Å²) in [6, 6.07) is 14.9. The number of hydrogen-bond donors (Lipinski definition) is 1. The van der Waals surface area contributed by atoms with Crippen molar-refractivity contribution in [1.82, 2.24) is 14.2 Å². The first kappa shape index (κ1) is 17.6. The number of piperazine rings is 1. The standard InChI is InChI=1S/C19H19N3O4S/c23-19(21-13-10-20-11-14-21)26-18-8-4-7-17-16(18)9-12-22(17)27(24,25)15-5-2-1-3-6-15/h1-9,12,20H,10-11,13-14H2. The lowest BCUT2D eigenvalue weighted by Gasteiger charge is -2.26. The number of benzene rings is 2. The number of aromatic nitrogens is 1. The quantitative estimate of drug-likeness (QED) is 0.748. The number of nitrogens with one attached hydrogen (secondary N) is 1. The van der Waals surface area contributed by atoms with Crippen molar-refractivity contribution in [3.05, 3.63) is 60.8 Å². The van der Waals surface area contributed by atoms with E-state index in [0.29, 0.717) is 29.7 Å². The van der Waals surface area contributed by atoms with Gasteiger partial charge in [-0.25, -0.2) is 17.2 Å². The summed E-state index contributed by atoms with van der Waals surface area (Å²) in [7, 11) is -3.73. The molecule has 3 aromatic rings. The van der Waals surface area contributed by atoms with Gasteiger partial charge >= 0.3 is 6.09 Å². The second-order valence-corrected chi connectivity index (χ2v) is 8.04. The summed E-state index contributed by atoms with van der Waals surface area (Å²) in [5.41, 5.74) is 0.462. The van der Waals surface area contributed by atoms with Gasteiger partial charge in [-0.2, -0.15) is 0 Å². The molecule has 0 aliphatic carbocycles. The van der Waals surface area contributed by atoms with E-state index in [9.17, 15) is 13.2 Å². The molecule has 140 valence electrons. The summed E-state index contributed by atoms with van der Waals surface area (Å²) in [5.74, 6) is 0.345. The van der Waals surface area contributed by atoms with Crippen molar-refractivity contribution >= 4 is 27.0 Å². The van der Waals surface area contributed by atoms with Crippen molar-refractivity contribution < 1.29 is 17.9 Å². The van der Waals surface area contributed by atoms with Gasteiger partial charge in [0.25, 0.3) is 10.0 Å². The molecule has 1 amide bonds. The van der Waals surface area contributed by atoms with Crippen LogP contribution in [0.1, 0.15) is 0 Å². The summed E-state index contributed by atoms with van der Waals surface area (Å²) in [6.45, 7) is 2.62. The summed E-state index contributed by atoms with van der Waals surface area (Å²) in [5, 5.41) is 3.75. The van der Waals surface area contributed by atoms with Gasteiger partial charge in [-0.3, -0.25) is 0 Å². The molecule has 4 rings (SSSR count). The molecule has 0 bridgehead atoms. The van der Waals surface area contributed by atoms with Crippen molar-refractivity contribution in [3.8, 4) is 5.75 Å². The Labute approximate surface area is 157 Å². The van der Waals surface area contributed by atoms with Crippen LogP contribution in [0.4, 0.5) is 4.79 Å². The van der Waals surface area contributed by atoms with Crippen LogP contribution in [0.25, 0.3) is 10.9 Å². The zero-order valence-corrected chi connectivity index (χ0v) is 15.4. The largest absolute Gasteiger partial charge is 0.415 e. The van der Waals surface area contributed by atoms with E-state index in [1.54, 1.807) is 59.5 Å². The van der Waals surface area contributed by atoms with Crippen LogP contribution in [0.2, 0.25) is 0 Å². The van der Waals surface area contributed by atoms with Gasteiger partial charge in [-0.15, -0.1) is 0 Å². The molecule has 1 N–H and O–H groups in total. The predicted octanol–water partition coefficient (Wildman–Crippen LogP) is 2.28. The van der Waals surface area contributed by atoms with E-state index < -0.39 is 16.1 Å². The molecule has 0 radical (unpaired) electrons. The van der Waals surface area contributed by atoms with Crippen LogP contribution in [-0.2, 0) is 10.0 Å². The van der Waals surface area contributed by atoms with Crippen LogP contribution in [-0.4, -0.2) is 49.6 Å². The van der Waals surface area contributed by atoms with Crippen LogP contribution in [0.5, 0.6) is 5.75 Å². The Balaban J connectivity index is 1.69. The average Bonchev–Trinajstić information content (AvgIpc) is 3.15. The van der Waals surface area contributed by atoms with Crippen LogP contribution in [0.15, 0.2) is 65.7 Å². The molecule has 0 saturated carbocycles. The maximum absolute atomic E-state index is 12.9. The molecule has 0 unspecified atom stereocenters. The molecule has 7 nitrogen and oxygen atoms in total. The van der Waals surface area contributed by atoms with Gasteiger partial charge in [0.1, 0.15) is 5.75 Å². The molecular formula is C19H19N3O4S. The maximum Gasteiger partial charge on any atom is 0.415 e. The Bertz CT molecular complexity index is 1070. The number of carbonyl (C=O) groups excluding carboxylic acids is 1. The Morgan fingerprint density at radius 2 is 1.70 bits per heavy atom. The highest BCUT2D eigenvalue weighted by Gasteiger charge is 2.22. The molecule has 1 fully saturated rings. The molecule has 0 spiro atoms. The summed E-state index contributed by atoms with van der Waals surface area (Å²) >= 11 is 0. The summed E-state index contributed by atoms with van der Waals surface area (Å²) in [6.07, 6.45) is 1.05. The second-order valence-electron chi connectivity index (χ2n) is 6.22. The zero-order chi connectivity index (χ0) is 18.9. The van der Waals surface area contributed by atoms with E-state index in [-0.39, 0.29) is 4.90 Å². The third-order valence-electron chi connectivity index (χ3n) is 4.53. The predicted molar refractivity (Wildman–Crippen MR) is 101 cm³/mol. The number of nitrogens with zero attached hydrogens (tertiary/aromatic N) is 2. The third-order valence-corrected chi connectivity index (χ3v) is 6.23. The maximum atomic E-state index is 12.9. The fraction of sp³-hybridized carbons (Fsp3) is 0.211. The lowest BCUT2D eigenvalue weighted by atomic mass is 10.2. The molecule has 1 aliphatic heterocycles. The zero-order valence-electron chi connectivity index (χ0n) is 14.5. The number of hydrogen-bond acceptors (Lipinski definition) is 5. The molecule has 2 aromatic carbocycles. The minimum Gasteiger partial charge on any atom is -0.409 e. The second kappa shape index (κ2) is 7.05. The molecular weight excluding hydrogens is 366 g/mol. The van der Waals surface area contributed by atoms with Gasteiger partial charge in [0.05, 0.1) is 10.4 Å². The minimum atomic E-state index is -3.73. The van der Waals surface area contributed by atoms with Crippen molar-refractivity contribution in [2.24, 2.45) is 0 Å². The Hall–Kier alpha value is -2.84. The summed E-state index contributed by atoms with van der Waals surface area (Å²) in [4.78, 5) is 14.2. The Kier molecular flexibility index (Phi) is 4.59. The van der Waals surface area contributed by atoms with Crippen LogP contribution in [0.3, 0.4) is 0 Å². The van der Waals surface area contributed by atoms with Gasteiger partial charge in [0.15, 0.2) is 0 Å². The third kappa shape index (κ3) is 3.29. The Morgan fingerprint density at radius 3 is 2.44 bits per heavy atom. The van der Waals surface area contributed by atoms with E-state index in [4.69, 9.17) is 4.74 Å². The van der Waals surface area contributed by atoms with E-state index in [2.05, 4.69) is 5.32 Å². The highest BCUT2D eigenvalue weighted by Crippen LogP contribution is 2.29. The average molecular weight is 385 g/mol. The smallest absolute Gasteiger partial charge is 0.409 e. The first-order chi connectivity index (χ1) is 13.1. The molecule has 1 saturated heterocycles. The van der Waals surface area contributed by atoms with E-state index in [1.807, 2.05) is 0 Å². The van der Waals surface area contributed by atoms with Crippen molar-refractivity contribution in [2.45, 2.75) is 4.90 Å². The van der Waals surface area contributed by atoms with Crippen LogP contribution >= 0.6 is 0 Å². The normalized spacial score (nSPS) is 15.0. The fourth-order valence-electron chi connectivity index (χ4n) is 3.13. The monoisotopic (exact) mass is 385 g/mol. The molecule has 2 heterocycles. The van der Waals surface area contributed by atoms with Gasteiger partial charge in [-0.1, -0.05) is 24.3 Å². The molecule has 0 atom stereocenters. The van der Waals surface area contributed by atoms with E-state index >= 15 is 0 Å². The van der Waals surface area contributed by atoms with Gasteiger partial charge < -0.3 is 15.0 Å². The first-order valence-corrected chi connectivity index (χ1v) is 10.1. The van der Waals surface area contributed by atoms with Crippen LogP contribution in [0, 0.1) is 0 Å². The fourth-order valence-corrected chi connectivity index (χ4v) is 4.49. The topological polar surface area (TPSA) is 80.6 Å². The lowest BCUT2D eigenvalue weighted by molar-refractivity contribution is 0.146. The van der Waals surface area contributed by atoms with Gasteiger partial charge in [0.2, 0.25) is 0 Å². The molecule has 8 heteroatoms. The number of rotatable bonds is 3. The SMILES string of the molecule is O=C(Oc1cccc2c1ccn2S(=O)(=O)c1ccccc1)N1CCNCC1. The van der Waals surface area contributed by atoms with E-state index in [1.165, 1.54) is 10.2 Å². The summed E-state index contributed by atoms with van der Waals surface area (Å²) < 4.78 is 32.6. The molecule has 27 heavy (non-hydrogen) atoms. The highest BCUT2D eigenvalue weighted by atomic mass is 32.2. The van der Waals surface area contributed by atoms with Gasteiger partial charge in [0, 0.05) is 37.8 Å². The van der Waals surface area contributed by atoms with Gasteiger partial charge in [-0.05, 0) is 30.3 Å². The Morgan fingerprint density at radius 1 is 0.963 bits per heavy atom. The number of fused-ring (bicyclic) bond motifs is 1. The lowest BCUT2D eigenvalue weighted by Crippen LogP contribution is -2.47.